The maximum absolute atomic E-state index is 12.5. The molecule has 14 rings (SSSR count). The van der Waals surface area contributed by atoms with Crippen LogP contribution in [-0.2, 0) is 28.6 Å². The number of imidazole rings is 2. The molecule has 12 aromatic rings. The van der Waals surface area contributed by atoms with E-state index in [4.69, 9.17) is 57.4 Å². The number of rotatable bonds is 15. The summed E-state index contributed by atoms with van der Waals surface area (Å²) in [6.45, 7) is 8.92. The fourth-order valence-electron chi connectivity index (χ4n) is 9.42. The van der Waals surface area contributed by atoms with Crippen LogP contribution in [0.3, 0.4) is 0 Å². The zero-order valence-electron chi connectivity index (χ0n) is 59.4. The van der Waals surface area contributed by atoms with Crippen LogP contribution in [0.1, 0.15) is 93.6 Å². The van der Waals surface area contributed by atoms with Gasteiger partial charge in [-0.2, -0.15) is 15.0 Å². The van der Waals surface area contributed by atoms with Gasteiger partial charge in [0.1, 0.15) is 0 Å². The van der Waals surface area contributed by atoms with Gasteiger partial charge in [-0.3, -0.25) is 9.59 Å². The smallest absolute Gasteiger partial charge is 0.870 e. The van der Waals surface area contributed by atoms with Crippen molar-refractivity contribution in [3.05, 3.63) is 230 Å². The molecule has 2 fully saturated rings. The minimum absolute atomic E-state index is 0. The number of anilines is 2. The molecular formula is C72H76ClLiN20O17. The summed E-state index contributed by atoms with van der Waals surface area (Å²) in [5.41, 5.74) is 20.8. The van der Waals surface area contributed by atoms with E-state index in [0.29, 0.717) is 35.0 Å². The first-order valence-corrected chi connectivity index (χ1v) is 33.1. The van der Waals surface area contributed by atoms with Crippen LogP contribution in [0.5, 0.6) is 0 Å². The monoisotopic (exact) mass is 1530 g/mol. The third kappa shape index (κ3) is 26.7. The summed E-state index contributed by atoms with van der Waals surface area (Å²) in [4.78, 5) is 116. The molecule has 0 saturated carbocycles. The van der Waals surface area contributed by atoms with Crippen LogP contribution in [0.15, 0.2) is 225 Å². The molecule has 2 saturated heterocycles. The summed E-state index contributed by atoms with van der Waals surface area (Å²) in [5, 5.41) is 35.3. The van der Waals surface area contributed by atoms with Gasteiger partial charge in [-0.15, -0.1) is 0 Å². The molecule has 37 nitrogen and oxygen atoms in total. The molecule has 39 heteroatoms. The van der Waals surface area contributed by atoms with E-state index >= 15 is 0 Å². The van der Waals surface area contributed by atoms with Crippen molar-refractivity contribution >= 4 is 87.2 Å². The number of hydrogen-bond donors (Lipinski definition) is 6. The number of benzene rings is 5. The van der Waals surface area contributed by atoms with Crippen molar-refractivity contribution in [3.8, 4) is 34.4 Å². The summed E-state index contributed by atoms with van der Waals surface area (Å²) in [5.74, 6) is -3.23. The van der Waals surface area contributed by atoms with Crippen molar-refractivity contribution < 1.29 is 101 Å². The molecule has 111 heavy (non-hydrogen) atoms. The number of esters is 3. The second-order valence-corrected chi connectivity index (χ2v) is 22.2. The number of nitrogens with two attached hydrogens (primary N) is 3. The maximum atomic E-state index is 12.5. The average Bonchev–Trinajstić information content (AvgIpc) is 1.67. The van der Waals surface area contributed by atoms with Crippen molar-refractivity contribution in [2.45, 2.75) is 53.1 Å². The number of amides is 1. The normalized spacial score (nSPS) is 13.1. The molecule has 0 bridgehead atoms. The molecule has 0 spiro atoms. The topological polar surface area (TPSA) is 525 Å². The number of hydrogen-bond acceptors (Lipinski definition) is 31. The molecule has 2 aliphatic rings. The predicted molar refractivity (Wildman–Crippen MR) is 396 cm³/mol. The van der Waals surface area contributed by atoms with Gasteiger partial charge in [0.2, 0.25) is 11.7 Å². The molecule has 0 aliphatic carbocycles. The average molecular weight is 1540 g/mol. The molecule has 1 amide bonds. The van der Waals surface area contributed by atoms with Crippen molar-refractivity contribution in [1.29, 1.82) is 0 Å². The number of aromatic carboxylic acids is 1. The van der Waals surface area contributed by atoms with E-state index in [1.54, 1.807) is 124 Å². The molecular weight excluding hydrogens is 1460 g/mol. The number of fused-ring (bicyclic) bond motifs is 2. The first-order chi connectivity index (χ1) is 52.4. The van der Waals surface area contributed by atoms with Crippen molar-refractivity contribution in [3.63, 3.8) is 0 Å². The zero-order chi connectivity index (χ0) is 77.2. The molecule has 2 aliphatic heterocycles. The van der Waals surface area contributed by atoms with E-state index < -0.39 is 46.8 Å². The molecule has 0 unspecified atom stereocenters. The fraction of sp³-hybridized carbons (Fsp3) is 0.208. The number of amidine groups is 2. The molecule has 7 aromatic heterocycles. The number of carbonyl (C=O) groups excluding carboxylic acids is 6. The number of halogens is 1. The summed E-state index contributed by atoms with van der Waals surface area (Å²) in [6, 6.07) is 44.8. The first kappa shape index (κ1) is 88.0. The molecule has 9 heterocycles. The van der Waals surface area contributed by atoms with Crippen LogP contribution in [-0.4, -0.2) is 186 Å². The van der Waals surface area contributed by atoms with Crippen LogP contribution in [0.25, 0.3) is 45.7 Å². The number of oxime groups is 2. The Hall–Kier alpha value is -13.6. The van der Waals surface area contributed by atoms with E-state index in [-0.39, 0.29) is 92.9 Å². The fourth-order valence-corrected chi connectivity index (χ4v) is 9.55. The van der Waals surface area contributed by atoms with Gasteiger partial charge >= 0.3 is 48.7 Å². The van der Waals surface area contributed by atoms with Gasteiger partial charge in [-0.25, -0.2) is 43.9 Å². The van der Waals surface area contributed by atoms with E-state index in [2.05, 4.69) is 90.1 Å². The van der Waals surface area contributed by atoms with E-state index in [0.717, 1.165) is 66.5 Å². The Morgan fingerprint density at radius 1 is 0.541 bits per heavy atom. The van der Waals surface area contributed by atoms with Crippen LogP contribution < -0.4 is 51.2 Å². The Bertz CT molecular complexity index is 4940. The molecule has 5 aromatic carbocycles. The van der Waals surface area contributed by atoms with Crippen LogP contribution in [0, 0.1) is 0 Å². The number of carbonyl (C=O) groups is 7. The van der Waals surface area contributed by atoms with Gasteiger partial charge in [0, 0.05) is 110 Å². The number of nitrogens with zero attached hydrogens (tertiary/aromatic N) is 16. The van der Waals surface area contributed by atoms with Gasteiger partial charge in [-0.1, -0.05) is 121 Å². The largest absolute Gasteiger partial charge is 1.00 e. The minimum atomic E-state index is -1.20. The number of nitrogens with one attached hydrogen (secondary N) is 1. The van der Waals surface area contributed by atoms with E-state index in [1.807, 2.05) is 106 Å². The van der Waals surface area contributed by atoms with Crippen LogP contribution in [0.2, 0.25) is 0 Å². The third-order valence-electron chi connectivity index (χ3n) is 14.4. The Morgan fingerprint density at radius 3 is 1.35 bits per heavy atom. The number of carboxylic acid groups (broad SMARTS) is 1. The minimum Gasteiger partial charge on any atom is -0.870 e. The Labute approximate surface area is 649 Å². The van der Waals surface area contributed by atoms with Gasteiger partial charge in [0.05, 0.1) is 25.4 Å². The molecule has 2 atom stereocenters. The molecule has 10 N–H and O–H groups in total. The Balaban J connectivity index is 0.000000238. The second-order valence-electron chi connectivity index (χ2n) is 21.9. The Kier molecular flexibility index (Phi) is 36.3. The Morgan fingerprint density at radius 2 is 0.937 bits per heavy atom. The molecule has 0 radical (unpaired) electrons. The van der Waals surface area contributed by atoms with Gasteiger partial charge in [0.25, 0.3) is 46.3 Å². The summed E-state index contributed by atoms with van der Waals surface area (Å²) >= 11 is 5.16. The number of aromatic nitrogens is 12. The maximum Gasteiger partial charge on any atom is 1.00 e. The van der Waals surface area contributed by atoms with Gasteiger partial charge in [-0.05, 0) is 109 Å². The van der Waals surface area contributed by atoms with Crippen LogP contribution >= 0.6 is 11.6 Å². The van der Waals surface area contributed by atoms with Crippen LogP contribution in [0.4, 0.5) is 11.6 Å². The molecule has 574 valence electrons. The van der Waals surface area contributed by atoms with Crippen molar-refractivity contribution in [2.75, 3.05) is 55.8 Å². The SMILES string of the molecule is C.CCOC(=O)C(N)=NO.CCOC(=O)C(N)=NOC(=O)c1ccccc1.CCOC(=O)c1noc(-c2ccccc2)n1.N[C@H]1CCN(c2nccn3ccnc23)C1.O=C(Cl)c1ccccc1.O=C(N[C@H]1CCN(c2nccn3ccnc23)C1)c1noc(-c2ccccc2)n1.O=C(O)c1noc(-c2ccccc2)n1.[Li+].[OH-]. The first-order valence-electron chi connectivity index (χ1n) is 32.7. The van der Waals surface area contributed by atoms with Crippen molar-refractivity contribution in [2.24, 2.45) is 27.5 Å². The standard InChI is InChI=1S/C19H17N7O2.C11H12N2O4.C11H10N2O3.C10H13N5.C9H6N2O3.C7H5ClO.C4H8N2O3.CH4.Li.H2O/c27-18(15-23-19(28-24-15)13-4-2-1-3-5-13)22-14-6-9-26(12-14)17-16-20-7-10-25(16)11-8-21-17;1-2-16-11(15)9(12)13-17-10(14)8-6-4-3-5-7-8;1-2-15-11(14)9-12-10(16-13-9)8-6-4-3-5-7-8;11-8-1-4-15(7-8)10-9-12-2-5-14(9)6-3-13-10;12-9(13)7-10-8(14-11-7)6-4-2-1-3-5-6;8-7(9)6-4-2-1-3-5-6;1-2-9-4(7)3(5)6-8;;;/h1-5,7-8,10-11,14H,6,9,12H2,(H,22,27);3-7H,2H2,1H3,(H2,12,13);3-7H,2H2,1H3;2-3,5-6,8H,1,4,7,11H2;1-5H,(H,12,13);1-5H;8H,2H2,1H3,(H2,5,6);1H4;;1H2/q;;;;;;;;+1;/p-1/t14-;;;8-;;;;;;/m0..0....../s1. The van der Waals surface area contributed by atoms with E-state index in [9.17, 15) is 33.6 Å². The van der Waals surface area contributed by atoms with Crippen molar-refractivity contribution in [1.82, 2.24) is 64.5 Å². The van der Waals surface area contributed by atoms with E-state index in [1.165, 1.54) is 0 Å². The summed E-state index contributed by atoms with van der Waals surface area (Å²) < 4.78 is 32.5. The zero-order valence-corrected chi connectivity index (χ0v) is 60.1. The summed E-state index contributed by atoms with van der Waals surface area (Å²) in [7, 11) is 0. The number of carboxylic acids is 1. The quantitative estimate of drug-likeness (QED) is 0.00914. The van der Waals surface area contributed by atoms with Gasteiger partial charge < -0.3 is 89.5 Å². The summed E-state index contributed by atoms with van der Waals surface area (Å²) in [6.07, 6.45) is 16.5. The third-order valence-corrected chi connectivity index (χ3v) is 14.7. The van der Waals surface area contributed by atoms with Gasteiger partial charge in [0.15, 0.2) is 22.9 Å². The predicted octanol–water partition coefficient (Wildman–Crippen LogP) is 4.91. The number of ether oxygens (including phenoxy) is 3. The second kappa shape index (κ2) is 45.8.